The maximum atomic E-state index is 12.1. The number of hydrogen-bond acceptors (Lipinski definition) is 2. The Balaban J connectivity index is 0.00000484. The van der Waals surface area contributed by atoms with Crippen molar-refractivity contribution in [1.29, 1.82) is 0 Å². The Morgan fingerprint density at radius 1 is 1.30 bits per heavy atom. The van der Waals surface area contributed by atoms with Gasteiger partial charge in [-0.25, -0.2) is 4.99 Å². The van der Waals surface area contributed by atoms with Gasteiger partial charge in [-0.05, 0) is 44.9 Å². The second-order valence-electron chi connectivity index (χ2n) is 5.33. The molecule has 6 heteroatoms. The zero-order chi connectivity index (χ0) is 16.5. The summed E-state index contributed by atoms with van der Waals surface area (Å²) in [5.74, 6) is 0.497. The van der Waals surface area contributed by atoms with E-state index < -0.39 is 0 Å². The van der Waals surface area contributed by atoms with Crippen LogP contribution in [-0.4, -0.2) is 35.9 Å². The number of guanidine groups is 1. The SMILES string of the molecule is CCC(C)NC(=O)c1cccc(CN=C(N)N(CC)CC)c1.I. The fourth-order valence-electron chi connectivity index (χ4n) is 2.04. The molecule has 0 heterocycles. The Morgan fingerprint density at radius 3 is 2.52 bits per heavy atom. The van der Waals surface area contributed by atoms with Crippen LogP contribution in [0, 0.1) is 0 Å². The first-order chi connectivity index (χ1) is 10.5. The van der Waals surface area contributed by atoms with Crippen LogP contribution in [0.1, 0.15) is 50.0 Å². The normalized spacial score (nSPS) is 12.3. The summed E-state index contributed by atoms with van der Waals surface area (Å²) in [6.07, 6.45) is 0.913. The first kappa shape index (κ1) is 21.7. The molecule has 0 aliphatic heterocycles. The largest absolute Gasteiger partial charge is 0.370 e. The molecule has 130 valence electrons. The Bertz CT molecular complexity index is 515. The molecular formula is C17H29IN4O. The number of amides is 1. The van der Waals surface area contributed by atoms with Crippen molar-refractivity contribution in [3.8, 4) is 0 Å². The van der Waals surface area contributed by atoms with Gasteiger partial charge in [0, 0.05) is 24.7 Å². The highest BCUT2D eigenvalue weighted by Gasteiger charge is 2.09. The summed E-state index contributed by atoms with van der Waals surface area (Å²) in [5, 5.41) is 2.97. The van der Waals surface area contributed by atoms with Gasteiger partial charge in [0.15, 0.2) is 5.96 Å². The summed E-state index contributed by atoms with van der Waals surface area (Å²) >= 11 is 0. The Kier molecular flexibility index (Phi) is 10.6. The van der Waals surface area contributed by atoms with Crippen LogP contribution in [0.2, 0.25) is 0 Å². The highest BCUT2D eigenvalue weighted by Crippen LogP contribution is 2.08. The van der Waals surface area contributed by atoms with E-state index in [0.29, 0.717) is 18.1 Å². The van der Waals surface area contributed by atoms with Crippen LogP contribution < -0.4 is 11.1 Å². The van der Waals surface area contributed by atoms with Gasteiger partial charge in [0.1, 0.15) is 0 Å². The summed E-state index contributed by atoms with van der Waals surface area (Å²) in [6.45, 7) is 10.3. The smallest absolute Gasteiger partial charge is 0.251 e. The number of halogens is 1. The van der Waals surface area contributed by atoms with E-state index in [4.69, 9.17) is 5.73 Å². The van der Waals surface area contributed by atoms with E-state index in [1.165, 1.54) is 0 Å². The molecule has 0 spiro atoms. The Morgan fingerprint density at radius 2 is 1.96 bits per heavy atom. The molecule has 5 nitrogen and oxygen atoms in total. The lowest BCUT2D eigenvalue weighted by Crippen LogP contribution is -2.37. The monoisotopic (exact) mass is 432 g/mol. The fourth-order valence-corrected chi connectivity index (χ4v) is 2.04. The Hall–Kier alpha value is -1.31. The van der Waals surface area contributed by atoms with Gasteiger partial charge < -0.3 is 16.0 Å². The molecule has 1 aromatic rings. The van der Waals surface area contributed by atoms with Crippen LogP contribution in [0.4, 0.5) is 0 Å². The van der Waals surface area contributed by atoms with Crippen LogP contribution in [0.3, 0.4) is 0 Å². The minimum absolute atomic E-state index is 0. The number of rotatable bonds is 7. The number of hydrogen-bond donors (Lipinski definition) is 2. The average Bonchev–Trinajstić information content (AvgIpc) is 2.54. The van der Waals surface area contributed by atoms with Gasteiger partial charge in [-0.3, -0.25) is 4.79 Å². The van der Waals surface area contributed by atoms with Crippen molar-refractivity contribution in [3.63, 3.8) is 0 Å². The minimum atomic E-state index is -0.0445. The van der Waals surface area contributed by atoms with E-state index in [0.717, 1.165) is 25.1 Å². The van der Waals surface area contributed by atoms with E-state index in [9.17, 15) is 4.79 Å². The highest BCUT2D eigenvalue weighted by molar-refractivity contribution is 14.0. The van der Waals surface area contributed by atoms with Crippen molar-refractivity contribution >= 4 is 35.8 Å². The second kappa shape index (κ2) is 11.3. The topological polar surface area (TPSA) is 70.7 Å². The van der Waals surface area contributed by atoms with Gasteiger partial charge in [-0.1, -0.05) is 19.1 Å². The van der Waals surface area contributed by atoms with E-state index in [-0.39, 0.29) is 35.9 Å². The van der Waals surface area contributed by atoms with Gasteiger partial charge in [0.25, 0.3) is 5.91 Å². The molecule has 0 aliphatic rings. The quantitative estimate of drug-likeness (QED) is 0.396. The molecule has 1 aromatic carbocycles. The fraction of sp³-hybridized carbons (Fsp3) is 0.529. The van der Waals surface area contributed by atoms with Gasteiger partial charge in [0.05, 0.1) is 6.54 Å². The second-order valence-corrected chi connectivity index (χ2v) is 5.33. The van der Waals surface area contributed by atoms with Gasteiger partial charge >= 0.3 is 0 Å². The summed E-state index contributed by atoms with van der Waals surface area (Å²) in [7, 11) is 0. The molecule has 0 saturated carbocycles. The number of carbonyl (C=O) groups is 1. The number of nitrogens with zero attached hydrogens (tertiary/aromatic N) is 2. The summed E-state index contributed by atoms with van der Waals surface area (Å²) in [5.41, 5.74) is 7.61. The highest BCUT2D eigenvalue weighted by atomic mass is 127. The molecule has 3 N–H and O–H groups in total. The Labute approximate surface area is 156 Å². The third-order valence-corrected chi connectivity index (χ3v) is 3.69. The number of aliphatic imine (C=N–C) groups is 1. The van der Waals surface area contributed by atoms with Crippen molar-refractivity contribution in [1.82, 2.24) is 10.2 Å². The number of nitrogens with one attached hydrogen (secondary N) is 1. The van der Waals surface area contributed by atoms with Crippen molar-refractivity contribution in [2.24, 2.45) is 10.7 Å². The molecule has 23 heavy (non-hydrogen) atoms. The minimum Gasteiger partial charge on any atom is -0.370 e. The van der Waals surface area contributed by atoms with Crippen LogP contribution >= 0.6 is 24.0 Å². The third kappa shape index (κ3) is 7.20. The number of carbonyl (C=O) groups excluding carboxylic acids is 1. The maximum absolute atomic E-state index is 12.1. The van der Waals surface area contributed by atoms with Crippen LogP contribution in [0.5, 0.6) is 0 Å². The average molecular weight is 432 g/mol. The standard InChI is InChI=1S/C17H28N4O.HI/c1-5-13(4)20-16(22)15-10-8-9-14(11-15)12-19-17(18)21(6-2)7-3;/h8-11,13H,5-7,12H2,1-4H3,(H2,18,19)(H,20,22);1H. The van der Waals surface area contributed by atoms with Gasteiger partial charge in [-0.15, -0.1) is 24.0 Å². The first-order valence-electron chi connectivity index (χ1n) is 7.96. The van der Waals surface area contributed by atoms with Crippen LogP contribution in [-0.2, 0) is 6.54 Å². The molecule has 0 fully saturated rings. The van der Waals surface area contributed by atoms with Gasteiger partial charge in [0.2, 0.25) is 0 Å². The molecule has 0 saturated heterocycles. The molecule has 0 bridgehead atoms. The number of benzene rings is 1. The lowest BCUT2D eigenvalue weighted by atomic mass is 10.1. The zero-order valence-corrected chi connectivity index (χ0v) is 16.8. The molecule has 0 aliphatic carbocycles. The molecule has 1 unspecified atom stereocenters. The van der Waals surface area contributed by atoms with E-state index in [1.807, 2.05) is 56.9 Å². The zero-order valence-electron chi connectivity index (χ0n) is 14.5. The summed E-state index contributed by atoms with van der Waals surface area (Å²) < 4.78 is 0. The lowest BCUT2D eigenvalue weighted by Gasteiger charge is -2.19. The van der Waals surface area contributed by atoms with Crippen molar-refractivity contribution < 1.29 is 4.79 Å². The van der Waals surface area contributed by atoms with Crippen LogP contribution in [0.25, 0.3) is 0 Å². The molecule has 0 radical (unpaired) electrons. The number of nitrogens with two attached hydrogens (primary N) is 1. The van der Waals surface area contributed by atoms with E-state index in [1.54, 1.807) is 0 Å². The predicted octanol–water partition coefficient (Wildman–Crippen LogP) is 2.99. The summed E-state index contributed by atoms with van der Waals surface area (Å²) in [6, 6.07) is 7.70. The lowest BCUT2D eigenvalue weighted by molar-refractivity contribution is 0.0939. The van der Waals surface area contributed by atoms with Gasteiger partial charge in [-0.2, -0.15) is 0 Å². The van der Waals surface area contributed by atoms with E-state index in [2.05, 4.69) is 10.3 Å². The molecule has 0 aromatic heterocycles. The molecule has 1 rings (SSSR count). The van der Waals surface area contributed by atoms with E-state index >= 15 is 0 Å². The maximum Gasteiger partial charge on any atom is 0.251 e. The molecule has 1 amide bonds. The molecule has 1 atom stereocenters. The van der Waals surface area contributed by atoms with Crippen LogP contribution in [0.15, 0.2) is 29.3 Å². The van der Waals surface area contributed by atoms with Crippen molar-refractivity contribution in [3.05, 3.63) is 35.4 Å². The van der Waals surface area contributed by atoms with Crippen molar-refractivity contribution in [2.45, 2.75) is 46.7 Å². The summed E-state index contributed by atoms with van der Waals surface area (Å²) in [4.78, 5) is 18.5. The molecular weight excluding hydrogens is 403 g/mol. The first-order valence-corrected chi connectivity index (χ1v) is 7.96. The predicted molar refractivity (Wildman–Crippen MR) is 107 cm³/mol. The van der Waals surface area contributed by atoms with Crippen molar-refractivity contribution in [2.75, 3.05) is 13.1 Å². The third-order valence-electron chi connectivity index (χ3n) is 3.69.